The third kappa shape index (κ3) is 9.36. The van der Waals surface area contributed by atoms with Crippen LogP contribution in [0.1, 0.15) is 57.2 Å². The van der Waals surface area contributed by atoms with Crippen LogP contribution >= 0.6 is 0 Å². The average molecular weight is 447 g/mol. The number of nitrogens with one attached hydrogen (secondary N) is 1. The Kier molecular flexibility index (Phi) is 10.4. The predicted octanol–water partition coefficient (Wildman–Crippen LogP) is 6.64. The van der Waals surface area contributed by atoms with Crippen molar-refractivity contribution in [1.29, 1.82) is 0 Å². The molecule has 5 nitrogen and oxygen atoms in total. The van der Waals surface area contributed by atoms with E-state index in [4.69, 9.17) is 10.5 Å². The van der Waals surface area contributed by atoms with Crippen molar-refractivity contribution in [2.45, 2.75) is 54.0 Å². The lowest BCUT2D eigenvalue weighted by molar-refractivity contribution is 0.340. The second-order valence-electron chi connectivity index (χ2n) is 8.39. The zero-order valence-electron chi connectivity index (χ0n) is 20.7. The largest absolute Gasteiger partial charge is 0.494 e. The second-order valence-corrected chi connectivity index (χ2v) is 8.39. The minimum absolute atomic E-state index is 0.547. The lowest BCUT2D eigenvalue weighted by atomic mass is 10.1. The predicted molar refractivity (Wildman–Crippen MR) is 142 cm³/mol. The first kappa shape index (κ1) is 25.9. The fourth-order valence-corrected chi connectivity index (χ4v) is 3.00. The first-order valence-corrected chi connectivity index (χ1v) is 11.5. The van der Waals surface area contributed by atoms with Crippen LogP contribution in [0, 0.1) is 12.8 Å². The summed E-state index contributed by atoms with van der Waals surface area (Å²) < 4.78 is 5.45. The maximum atomic E-state index is 5.87. The van der Waals surface area contributed by atoms with Crippen LogP contribution in [0.15, 0.2) is 77.0 Å². The zero-order valence-corrected chi connectivity index (χ0v) is 20.7. The lowest BCUT2D eigenvalue weighted by Crippen LogP contribution is -2.14. The van der Waals surface area contributed by atoms with Gasteiger partial charge in [-0.05, 0) is 88.5 Å². The molecule has 2 aromatic carbocycles. The normalized spacial score (nSPS) is 13.5. The van der Waals surface area contributed by atoms with E-state index in [1.807, 2.05) is 58.2 Å². The topological polar surface area (TPSA) is 72.0 Å². The van der Waals surface area contributed by atoms with Gasteiger partial charge < -0.3 is 15.8 Å². The number of nitrogens with two attached hydrogens (primary N) is 1. The number of hydrogen-bond donors (Lipinski definition) is 2. The molecule has 0 aromatic heterocycles. The summed E-state index contributed by atoms with van der Waals surface area (Å²) in [6.07, 6.45) is 5.97. The third-order valence-corrected chi connectivity index (χ3v) is 5.08. The van der Waals surface area contributed by atoms with E-state index >= 15 is 0 Å². The molecule has 2 aromatic rings. The van der Waals surface area contributed by atoms with Crippen molar-refractivity contribution < 1.29 is 4.74 Å². The maximum Gasteiger partial charge on any atom is 0.119 e. The molecule has 33 heavy (non-hydrogen) atoms. The van der Waals surface area contributed by atoms with E-state index in [0.717, 1.165) is 28.5 Å². The molecule has 1 fully saturated rings. The van der Waals surface area contributed by atoms with Gasteiger partial charge in [0.2, 0.25) is 0 Å². The number of benzene rings is 2. The minimum Gasteiger partial charge on any atom is -0.494 e. The summed E-state index contributed by atoms with van der Waals surface area (Å²) in [6.45, 7) is 15.1. The first-order valence-electron chi connectivity index (χ1n) is 11.5. The highest BCUT2D eigenvalue weighted by Gasteiger charge is 2.25. The Labute approximate surface area is 199 Å². The Balaban J connectivity index is 0.000000234. The van der Waals surface area contributed by atoms with E-state index in [2.05, 4.69) is 47.0 Å². The number of aliphatic imine (C=N–C) groups is 2. The fourth-order valence-electron chi connectivity index (χ4n) is 3.00. The number of amidine groups is 1. The number of allylic oxidation sites excluding steroid dienone is 1. The van der Waals surface area contributed by atoms with E-state index in [0.29, 0.717) is 19.1 Å². The summed E-state index contributed by atoms with van der Waals surface area (Å²) in [6, 6.07) is 14.3. The summed E-state index contributed by atoms with van der Waals surface area (Å²) in [5.41, 5.74) is 12.6. The van der Waals surface area contributed by atoms with Crippen molar-refractivity contribution in [3.8, 4) is 5.75 Å². The van der Waals surface area contributed by atoms with Gasteiger partial charge >= 0.3 is 0 Å². The quantitative estimate of drug-likeness (QED) is 0.335. The molecule has 1 saturated carbocycles. The number of ether oxygens (including phenoxy) is 1. The van der Waals surface area contributed by atoms with Crippen LogP contribution in [0.4, 0.5) is 5.69 Å². The standard InChI is InChI=1S/C14H19N3.C14H19NO/c1-3-16-13-8-11(5-4-10(13)2)9-17-14(15)12-6-7-12;1-5-16-14-8-6-7-13(9-14)12(4)15-10-11(2)3/h3-5,8,12,16H,1,6-7,9H2,2H3,(H2,15,17);6-10H,5H2,1-4H3. The number of nitrogens with zero attached hydrogens (tertiary/aromatic N) is 2. The highest BCUT2D eigenvalue weighted by Crippen LogP contribution is 2.29. The molecule has 3 rings (SSSR count). The average Bonchev–Trinajstić information content (AvgIpc) is 3.64. The van der Waals surface area contributed by atoms with Crippen LogP contribution in [-0.4, -0.2) is 18.2 Å². The molecular formula is C28H38N4O. The Morgan fingerprint density at radius 3 is 2.58 bits per heavy atom. The number of aryl methyl sites for hydroxylation is 1. The van der Waals surface area contributed by atoms with Gasteiger partial charge in [-0.1, -0.05) is 36.4 Å². The van der Waals surface area contributed by atoms with Crippen molar-refractivity contribution in [3.63, 3.8) is 0 Å². The van der Waals surface area contributed by atoms with Gasteiger partial charge in [-0.15, -0.1) is 0 Å². The van der Waals surface area contributed by atoms with E-state index in [1.165, 1.54) is 29.5 Å². The Hall–Kier alpha value is -3.34. The van der Waals surface area contributed by atoms with Crippen molar-refractivity contribution in [1.82, 2.24) is 0 Å². The van der Waals surface area contributed by atoms with Crippen LogP contribution in [0.3, 0.4) is 0 Å². The Morgan fingerprint density at radius 1 is 1.18 bits per heavy atom. The fraction of sp³-hybridized carbons (Fsp3) is 0.357. The molecular weight excluding hydrogens is 408 g/mol. The molecule has 0 unspecified atom stereocenters. The minimum atomic E-state index is 0.547. The summed E-state index contributed by atoms with van der Waals surface area (Å²) in [4.78, 5) is 8.82. The number of hydrogen-bond acceptors (Lipinski definition) is 4. The molecule has 1 aliphatic rings. The summed E-state index contributed by atoms with van der Waals surface area (Å²) in [5.74, 6) is 2.25. The summed E-state index contributed by atoms with van der Waals surface area (Å²) in [7, 11) is 0. The van der Waals surface area contributed by atoms with Crippen molar-refractivity contribution in [2.24, 2.45) is 21.6 Å². The molecule has 0 saturated heterocycles. The molecule has 0 atom stereocenters. The van der Waals surface area contributed by atoms with E-state index < -0.39 is 0 Å². The monoisotopic (exact) mass is 446 g/mol. The molecule has 0 radical (unpaired) electrons. The molecule has 0 heterocycles. The van der Waals surface area contributed by atoms with Gasteiger partial charge in [0, 0.05) is 23.5 Å². The maximum absolute atomic E-state index is 5.87. The van der Waals surface area contributed by atoms with E-state index in [1.54, 1.807) is 6.20 Å². The molecule has 0 bridgehead atoms. The van der Waals surface area contributed by atoms with Crippen LogP contribution in [0.5, 0.6) is 5.75 Å². The Bertz CT molecular complexity index is 1010. The van der Waals surface area contributed by atoms with E-state index in [-0.39, 0.29) is 0 Å². The molecule has 1 aliphatic carbocycles. The van der Waals surface area contributed by atoms with Crippen molar-refractivity contribution in [2.75, 3.05) is 11.9 Å². The summed E-state index contributed by atoms with van der Waals surface area (Å²) in [5, 5.41) is 3.12. The Morgan fingerprint density at radius 2 is 1.94 bits per heavy atom. The smallest absolute Gasteiger partial charge is 0.119 e. The van der Waals surface area contributed by atoms with Crippen LogP contribution < -0.4 is 15.8 Å². The van der Waals surface area contributed by atoms with Gasteiger partial charge in [-0.3, -0.25) is 9.98 Å². The number of rotatable bonds is 9. The molecule has 176 valence electrons. The highest BCUT2D eigenvalue weighted by atomic mass is 16.5. The van der Waals surface area contributed by atoms with Crippen molar-refractivity contribution >= 4 is 17.2 Å². The van der Waals surface area contributed by atoms with Gasteiger partial charge in [-0.25, -0.2) is 0 Å². The van der Waals surface area contributed by atoms with Gasteiger partial charge in [-0.2, -0.15) is 0 Å². The third-order valence-electron chi connectivity index (χ3n) is 5.08. The van der Waals surface area contributed by atoms with Crippen molar-refractivity contribution in [3.05, 3.63) is 83.7 Å². The van der Waals surface area contributed by atoms with Crippen LogP contribution in [0.2, 0.25) is 0 Å². The van der Waals surface area contributed by atoms with Gasteiger partial charge in [0.05, 0.1) is 19.0 Å². The van der Waals surface area contributed by atoms with Gasteiger partial charge in [0.25, 0.3) is 0 Å². The molecule has 5 heteroatoms. The highest BCUT2D eigenvalue weighted by molar-refractivity contribution is 5.99. The SMILES string of the molecule is C=CNc1cc(CN=C(N)C2CC2)ccc1C.CCOc1cccc(C(C)=NC=C(C)C)c1. The lowest BCUT2D eigenvalue weighted by Gasteiger charge is -2.07. The zero-order chi connectivity index (χ0) is 24.2. The van der Waals surface area contributed by atoms with E-state index in [9.17, 15) is 0 Å². The second kappa shape index (κ2) is 13.3. The molecule has 0 aliphatic heterocycles. The van der Waals surface area contributed by atoms with Gasteiger partial charge in [0.15, 0.2) is 0 Å². The molecule has 0 spiro atoms. The number of anilines is 1. The molecule has 3 N–H and O–H groups in total. The van der Waals surface area contributed by atoms with Crippen LogP contribution in [0.25, 0.3) is 0 Å². The summed E-state index contributed by atoms with van der Waals surface area (Å²) >= 11 is 0. The van der Waals surface area contributed by atoms with Crippen LogP contribution in [-0.2, 0) is 6.54 Å². The first-order chi connectivity index (χ1) is 15.8. The van der Waals surface area contributed by atoms with Gasteiger partial charge in [0.1, 0.15) is 5.75 Å². The molecule has 0 amide bonds.